The fourth-order valence-electron chi connectivity index (χ4n) is 2.43. The first-order valence-electron chi connectivity index (χ1n) is 6.84. The van der Waals surface area contributed by atoms with Crippen molar-refractivity contribution < 1.29 is 9.53 Å². The highest BCUT2D eigenvalue weighted by molar-refractivity contribution is 5.85. The number of rotatable bonds is 5. The van der Waals surface area contributed by atoms with Crippen LogP contribution in [0.4, 0.5) is 0 Å². The van der Waals surface area contributed by atoms with Crippen molar-refractivity contribution in [3.8, 4) is 0 Å². The summed E-state index contributed by atoms with van der Waals surface area (Å²) in [6.07, 6.45) is 0.851. The van der Waals surface area contributed by atoms with Gasteiger partial charge in [-0.2, -0.15) is 0 Å². The Bertz CT molecular complexity index is 414. The zero-order valence-electron chi connectivity index (χ0n) is 12.0. The van der Waals surface area contributed by atoms with Gasteiger partial charge in [-0.1, -0.05) is 37.3 Å². The van der Waals surface area contributed by atoms with Crippen molar-refractivity contribution in [1.29, 1.82) is 0 Å². The van der Waals surface area contributed by atoms with Gasteiger partial charge in [0.25, 0.3) is 0 Å². The van der Waals surface area contributed by atoms with E-state index in [2.05, 4.69) is 10.6 Å². The van der Waals surface area contributed by atoms with Crippen LogP contribution in [0.25, 0.3) is 0 Å². The Hall–Kier alpha value is -1.10. The number of carbonyl (C=O) groups excluding carboxylic acids is 1. The van der Waals surface area contributed by atoms with Gasteiger partial charge in [0.2, 0.25) is 5.91 Å². The fourth-order valence-corrected chi connectivity index (χ4v) is 2.43. The monoisotopic (exact) mass is 298 g/mol. The molecule has 1 aliphatic heterocycles. The van der Waals surface area contributed by atoms with Gasteiger partial charge in [0.05, 0.1) is 6.04 Å². The maximum Gasteiger partial charge on any atom is 0.224 e. The fraction of sp³-hybridized carbons (Fsp3) is 0.533. The number of benzene rings is 1. The Balaban J connectivity index is 0.00000200. The lowest BCUT2D eigenvalue weighted by Gasteiger charge is -2.22. The van der Waals surface area contributed by atoms with Crippen molar-refractivity contribution in [3.63, 3.8) is 0 Å². The normalized spacial score (nSPS) is 22.9. The summed E-state index contributed by atoms with van der Waals surface area (Å²) < 4.78 is 5.76. The van der Waals surface area contributed by atoms with Crippen molar-refractivity contribution in [2.24, 2.45) is 5.92 Å². The Morgan fingerprint density at radius 3 is 2.75 bits per heavy atom. The van der Waals surface area contributed by atoms with Crippen molar-refractivity contribution in [2.75, 3.05) is 20.2 Å². The molecule has 1 aromatic carbocycles. The molecule has 0 aromatic heterocycles. The van der Waals surface area contributed by atoms with Crippen LogP contribution in [0.15, 0.2) is 30.3 Å². The van der Waals surface area contributed by atoms with E-state index in [-0.39, 0.29) is 36.4 Å². The summed E-state index contributed by atoms with van der Waals surface area (Å²) in [5, 5.41) is 6.13. The standard InChI is InChI=1S/C15H22N2O2.ClH/c1-11(10-16-2)15(18)17-13-8-9-19-14(13)12-6-4-3-5-7-12;/h3-7,11,13-14,16H,8-10H2,1-2H3,(H,17,18);1H. The lowest BCUT2D eigenvalue weighted by molar-refractivity contribution is -0.125. The van der Waals surface area contributed by atoms with Crippen LogP contribution in [0.1, 0.15) is 25.0 Å². The van der Waals surface area contributed by atoms with Crippen LogP contribution in [0.5, 0.6) is 0 Å². The summed E-state index contributed by atoms with van der Waals surface area (Å²) in [6, 6.07) is 10.2. The molecule has 4 nitrogen and oxygen atoms in total. The van der Waals surface area contributed by atoms with E-state index in [9.17, 15) is 4.79 Å². The quantitative estimate of drug-likeness (QED) is 0.873. The van der Waals surface area contributed by atoms with Gasteiger partial charge in [-0.15, -0.1) is 12.4 Å². The zero-order valence-corrected chi connectivity index (χ0v) is 12.8. The van der Waals surface area contributed by atoms with Gasteiger partial charge in [0, 0.05) is 19.1 Å². The second kappa shape index (κ2) is 8.25. The van der Waals surface area contributed by atoms with E-state index in [1.165, 1.54) is 0 Å². The molecule has 112 valence electrons. The first-order chi connectivity index (χ1) is 9.22. The summed E-state index contributed by atoms with van der Waals surface area (Å²) in [7, 11) is 1.86. The molecule has 0 spiro atoms. The van der Waals surface area contributed by atoms with E-state index < -0.39 is 0 Å². The van der Waals surface area contributed by atoms with E-state index in [0.717, 1.165) is 12.0 Å². The first kappa shape index (κ1) is 17.0. The van der Waals surface area contributed by atoms with Gasteiger partial charge < -0.3 is 15.4 Å². The lowest BCUT2D eigenvalue weighted by Crippen LogP contribution is -2.42. The molecular weight excluding hydrogens is 276 g/mol. The average molecular weight is 299 g/mol. The molecule has 2 rings (SSSR count). The number of amides is 1. The second-order valence-electron chi connectivity index (χ2n) is 5.06. The van der Waals surface area contributed by atoms with Crippen LogP contribution in [0, 0.1) is 5.92 Å². The summed E-state index contributed by atoms with van der Waals surface area (Å²) in [4.78, 5) is 12.1. The second-order valence-corrected chi connectivity index (χ2v) is 5.06. The molecule has 2 N–H and O–H groups in total. The molecule has 3 unspecified atom stereocenters. The largest absolute Gasteiger partial charge is 0.371 e. The van der Waals surface area contributed by atoms with Crippen molar-refractivity contribution in [1.82, 2.24) is 10.6 Å². The van der Waals surface area contributed by atoms with Crippen LogP contribution in [-0.2, 0) is 9.53 Å². The maximum absolute atomic E-state index is 12.1. The minimum absolute atomic E-state index is 0. The number of nitrogens with one attached hydrogen (secondary N) is 2. The molecule has 1 aliphatic rings. The molecule has 3 atom stereocenters. The molecule has 1 aromatic rings. The molecule has 0 saturated carbocycles. The number of ether oxygens (including phenoxy) is 1. The summed E-state index contributed by atoms with van der Waals surface area (Å²) in [5.41, 5.74) is 1.13. The Kier molecular flexibility index (Phi) is 6.99. The van der Waals surface area contributed by atoms with Crippen molar-refractivity contribution in [3.05, 3.63) is 35.9 Å². The van der Waals surface area contributed by atoms with Gasteiger partial charge >= 0.3 is 0 Å². The Labute approximate surface area is 126 Å². The third kappa shape index (κ3) is 4.20. The lowest BCUT2D eigenvalue weighted by atomic mass is 10.0. The molecule has 1 saturated heterocycles. The van der Waals surface area contributed by atoms with Crippen molar-refractivity contribution >= 4 is 18.3 Å². The van der Waals surface area contributed by atoms with Gasteiger partial charge in [-0.25, -0.2) is 0 Å². The van der Waals surface area contributed by atoms with E-state index in [4.69, 9.17) is 4.74 Å². The van der Waals surface area contributed by atoms with E-state index in [1.807, 2.05) is 44.3 Å². The van der Waals surface area contributed by atoms with Crippen LogP contribution in [0.3, 0.4) is 0 Å². The maximum atomic E-state index is 12.1. The minimum atomic E-state index is -0.0259. The van der Waals surface area contributed by atoms with E-state index in [0.29, 0.717) is 13.2 Å². The summed E-state index contributed by atoms with van der Waals surface area (Å²) in [6.45, 7) is 3.32. The first-order valence-corrected chi connectivity index (χ1v) is 6.84. The van der Waals surface area contributed by atoms with Gasteiger partial charge in [0.1, 0.15) is 6.10 Å². The smallest absolute Gasteiger partial charge is 0.224 e. The molecule has 0 bridgehead atoms. The molecule has 1 fully saturated rings. The van der Waals surface area contributed by atoms with Crippen LogP contribution in [0.2, 0.25) is 0 Å². The minimum Gasteiger partial charge on any atom is -0.371 e. The molecule has 0 aliphatic carbocycles. The van der Waals surface area contributed by atoms with E-state index >= 15 is 0 Å². The highest BCUT2D eigenvalue weighted by Crippen LogP contribution is 2.29. The number of hydrogen-bond acceptors (Lipinski definition) is 3. The van der Waals surface area contributed by atoms with Gasteiger partial charge in [0.15, 0.2) is 0 Å². The predicted molar refractivity (Wildman–Crippen MR) is 82.0 cm³/mol. The summed E-state index contributed by atoms with van der Waals surface area (Å²) in [5.74, 6) is 0.0628. The highest BCUT2D eigenvalue weighted by atomic mass is 35.5. The third-order valence-corrected chi connectivity index (χ3v) is 3.51. The topological polar surface area (TPSA) is 50.4 Å². The molecular formula is C15H23ClN2O2. The zero-order chi connectivity index (χ0) is 13.7. The Morgan fingerprint density at radius 1 is 1.40 bits per heavy atom. The van der Waals surface area contributed by atoms with Gasteiger partial charge in [-0.3, -0.25) is 4.79 Å². The van der Waals surface area contributed by atoms with Gasteiger partial charge in [-0.05, 0) is 19.0 Å². The SMILES string of the molecule is CNCC(C)C(=O)NC1CCOC1c1ccccc1.Cl. The molecule has 20 heavy (non-hydrogen) atoms. The van der Waals surface area contributed by atoms with Crippen LogP contribution in [-0.4, -0.2) is 32.1 Å². The number of carbonyl (C=O) groups is 1. The van der Waals surface area contributed by atoms with Crippen LogP contribution >= 0.6 is 12.4 Å². The third-order valence-electron chi connectivity index (χ3n) is 3.51. The van der Waals surface area contributed by atoms with E-state index in [1.54, 1.807) is 0 Å². The Morgan fingerprint density at radius 2 is 2.10 bits per heavy atom. The molecule has 1 heterocycles. The number of halogens is 1. The van der Waals surface area contributed by atoms with Crippen molar-refractivity contribution in [2.45, 2.75) is 25.5 Å². The highest BCUT2D eigenvalue weighted by Gasteiger charge is 2.31. The van der Waals surface area contributed by atoms with Crippen LogP contribution < -0.4 is 10.6 Å². The summed E-state index contributed by atoms with van der Waals surface area (Å²) >= 11 is 0. The molecule has 0 radical (unpaired) electrons. The molecule has 5 heteroatoms. The number of hydrogen-bond donors (Lipinski definition) is 2. The molecule has 1 amide bonds. The average Bonchev–Trinajstić information content (AvgIpc) is 2.88. The predicted octanol–water partition coefficient (Wildman–Crippen LogP) is 1.91.